The van der Waals surface area contributed by atoms with Crippen LogP contribution in [0.1, 0.15) is 11.3 Å². The second kappa shape index (κ2) is 11.7. The number of hydrogen-bond acceptors (Lipinski definition) is 3. The van der Waals surface area contributed by atoms with Crippen LogP contribution in [-0.4, -0.2) is 41.4 Å². The van der Waals surface area contributed by atoms with E-state index in [4.69, 9.17) is 4.42 Å². The molecule has 6 nitrogen and oxygen atoms in total. The molecule has 0 atom stereocenters. The number of hydrogen-bond donors (Lipinski definition) is 1. The quantitative estimate of drug-likeness (QED) is 0.303. The minimum absolute atomic E-state index is 0.0713. The molecular weight excluding hydrogens is 438 g/mol. The lowest BCUT2D eigenvalue weighted by Crippen LogP contribution is -2.44. The van der Waals surface area contributed by atoms with Gasteiger partial charge in [-0.2, -0.15) is 0 Å². The zero-order valence-corrected chi connectivity index (χ0v) is 19.6. The van der Waals surface area contributed by atoms with Crippen LogP contribution in [0.3, 0.4) is 0 Å². The predicted molar refractivity (Wildman–Crippen MR) is 139 cm³/mol. The first-order valence-electron chi connectivity index (χ1n) is 11.6. The number of anilines is 1. The second-order valence-electron chi connectivity index (χ2n) is 8.26. The number of urea groups is 1. The molecule has 0 fully saturated rings. The molecule has 0 unspecified atom stereocenters. The van der Waals surface area contributed by atoms with Crippen molar-refractivity contribution >= 4 is 28.4 Å². The minimum atomic E-state index is -0.351. The van der Waals surface area contributed by atoms with E-state index in [-0.39, 0.29) is 25.0 Å². The summed E-state index contributed by atoms with van der Waals surface area (Å²) in [6, 6.07) is 26.9. The average Bonchev–Trinajstić information content (AvgIpc) is 3.40. The van der Waals surface area contributed by atoms with E-state index in [1.807, 2.05) is 78.9 Å². The zero-order valence-electron chi connectivity index (χ0n) is 19.6. The first-order valence-corrected chi connectivity index (χ1v) is 11.6. The van der Waals surface area contributed by atoms with E-state index >= 15 is 0 Å². The fourth-order valence-electron chi connectivity index (χ4n) is 3.96. The van der Waals surface area contributed by atoms with Crippen molar-refractivity contribution in [3.8, 4) is 0 Å². The number of furan rings is 1. The van der Waals surface area contributed by atoms with Gasteiger partial charge in [0.25, 0.3) is 0 Å². The standard InChI is InChI=1S/C29H29N3O3/c1-2-18-32(29(34)30-27-16-8-13-24-12-6-7-15-26(24)27)22-28(33)31(21-25-14-9-20-35-25)19-17-23-10-4-3-5-11-23/h2-16,20H,1,17-19,21-22H2,(H,30,34). The number of carbonyl (C=O) groups is 2. The van der Waals surface area contributed by atoms with Gasteiger partial charge in [0.15, 0.2) is 0 Å². The Balaban J connectivity index is 1.47. The summed E-state index contributed by atoms with van der Waals surface area (Å²) in [6.07, 6.45) is 3.92. The van der Waals surface area contributed by atoms with Crippen molar-refractivity contribution in [2.45, 2.75) is 13.0 Å². The first-order chi connectivity index (χ1) is 17.1. The van der Waals surface area contributed by atoms with E-state index in [1.165, 1.54) is 4.90 Å². The second-order valence-corrected chi connectivity index (χ2v) is 8.26. The summed E-state index contributed by atoms with van der Waals surface area (Å²) in [5.41, 5.74) is 1.84. The zero-order chi connectivity index (χ0) is 24.5. The van der Waals surface area contributed by atoms with Gasteiger partial charge < -0.3 is 19.5 Å². The molecular formula is C29H29N3O3. The highest BCUT2D eigenvalue weighted by Gasteiger charge is 2.22. The Hall–Kier alpha value is -4.32. The topological polar surface area (TPSA) is 65.8 Å². The van der Waals surface area contributed by atoms with Crippen LogP contribution in [0.4, 0.5) is 10.5 Å². The summed E-state index contributed by atoms with van der Waals surface area (Å²) >= 11 is 0. The monoisotopic (exact) mass is 467 g/mol. The number of amides is 3. The van der Waals surface area contributed by atoms with Gasteiger partial charge in [-0.15, -0.1) is 6.58 Å². The third-order valence-corrected chi connectivity index (χ3v) is 5.79. The normalized spacial score (nSPS) is 10.6. The molecule has 0 spiro atoms. The summed E-state index contributed by atoms with van der Waals surface area (Å²) < 4.78 is 5.48. The Morgan fingerprint density at radius 3 is 2.43 bits per heavy atom. The van der Waals surface area contributed by atoms with Crippen molar-refractivity contribution in [1.29, 1.82) is 0 Å². The van der Waals surface area contributed by atoms with Crippen LogP contribution in [0.2, 0.25) is 0 Å². The van der Waals surface area contributed by atoms with Gasteiger partial charge in [0.2, 0.25) is 5.91 Å². The van der Waals surface area contributed by atoms with E-state index in [0.717, 1.165) is 16.3 Å². The lowest BCUT2D eigenvalue weighted by atomic mass is 10.1. The highest BCUT2D eigenvalue weighted by Crippen LogP contribution is 2.23. The number of carbonyl (C=O) groups excluding carboxylic acids is 2. The summed E-state index contributed by atoms with van der Waals surface area (Å²) in [7, 11) is 0. The molecule has 4 rings (SSSR count). The van der Waals surface area contributed by atoms with Gasteiger partial charge >= 0.3 is 6.03 Å². The van der Waals surface area contributed by atoms with Gasteiger partial charge in [0.05, 0.1) is 18.5 Å². The van der Waals surface area contributed by atoms with E-state index in [0.29, 0.717) is 31.0 Å². The number of nitrogens with one attached hydrogen (secondary N) is 1. The molecule has 4 aromatic rings. The SMILES string of the molecule is C=CCN(CC(=O)N(CCc1ccccc1)Cc1ccco1)C(=O)Nc1cccc2ccccc12. The highest BCUT2D eigenvalue weighted by molar-refractivity contribution is 6.02. The van der Waals surface area contributed by atoms with Crippen LogP contribution in [0.5, 0.6) is 0 Å². The Labute approximate surface area is 205 Å². The molecule has 178 valence electrons. The summed E-state index contributed by atoms with van der Waals surface area (Å²) in [4.78, 5) is 29.7. The van der Waals surface area contributed by atoms with Crippen molar-refractivity contribution in [3.05, 3.63) is 115 Å². The number of fused-ring (bicyclic) bond motifs is 1. The van der Waals surface area contributed by atoms with E-state index < -0.39 is 0 Å². The van der Waals surface area contributed by atoms with Gasteiger partial charge in [0, 0.05) is 18.5 Å². The van der Waals surface area contributed by atoms with E-state index in [9.17, 15) is 9.59 Å². The number of nitrogens with zero attached hydrogens (tertiary/aromatic N) is 2. The van der Waals surface area contributed by atoms with Gasteiger partial charge in [-0.25, -0.2) is 4.79 Å². The fraction of sp³-hybridized carbons (Fsp3) is 0.172. The maximum absolute atomic E-state index is 13.4. The van der Waals surface area contributed by atoms with Gasteiger partial charge in [0.1, 0.15) is 12.3 Å². The molecule has 0 saturated heterocycles. The molecule has 0 bridgehead atoms. The lowest BCUT2D eigenvalue weighted by molar-refractivity contribution is -0.132. The Kier molecular flexibility index (Phi) is 7.96. The Bertz CT molecular complexity index is 1260. The molecule has 35 heavy (non-hydrogen) atoms. The molecule has 1 N–H and O–H groups in total. The summed E-state index contributed by atoms with van der Waals surface area (Å²) in [5.74, 6) is 0.536. The largest absolute Gasteiger partial charge is 0.467 e. The van der Waals surface area contributed by atoms with Crippen LogP contribution in [-0.2, 0) is 17.8 Å². The minimum Gasteiger partial charge on any atom is -0.467 e. The molecule has 0 radical (unpaired) electrons. The molecule has 0 aliphatic carbocycles. The maximum Gasteiger partial charge on any atom is 0.322 e. The molecule has 0 aliphatic rings. The third kappa shape index (κ3) is 6.38. The fourth-order valence-corrected chi connectivity index (χ4v) is 3.96. The number of rotatable bonds is 10. The molecule has 3 amide bonds. The van der Waals surface area contributed by atoms with Crippen molar-refractivity contribution < 1.29 is 14.0 Å². The summed E-state index contributed by atoms with van der Waals surface area (Å²) in [6.45, 7) is 4.79. The lowest BCUT2D eigenvalue weighted by Gasteiger charge is -2.27. The molecule has 0 aliphatic heterocycles. The Morgan fingerprint density at radius 2 is 1.66 bits per heavy atom. The number of benzene rings is 3. The molecule has 6 heteroatoms. The van der Waals surface area contributed by atoms with Gasteiger partial charge in [-0.1, -0.05) is 72.8 Å². The van der Waals surface area contributed by atoms with Crippen molar-refractivity contribution in [1.82, 2.24) is 9.80 Å². The van der Waals surface area contributed by atoms with Crippen LogP contribution in [0, 0.1) is 0 Å². The van der Waals surface area contributed by atoms with Crippen LogP contribution in [0.15, 0.2) is 108 Å². The molecule has 3 aromatic carbocycles. The van der Waals surface area contributed by atoms with E-state index in [1.54, 1.807) is 23.3 Å². The van der Waals surface area contributed by atoms with Crippen LogP contribution >= 0.6 is 0 Å². The van der Waals surface area contributed by atoms with Crippen LogP contribution < -0.4 is 5.32 Å². The summed E-state index contributed by atoms with van der Waals surface area (Å²) in [5, 5.41) is 4.94. The molecule has 1 heterocycles. The molecule has 0 saturated carbocycles. The molecule has 1 aromatic heterocycles. The predicted octanol–water partition coefficient (Wildman–Crippen LogP) is 5.72. The third-order valence-electron chi connectivity index (χ3n) is 5.79. The van der Waals surface area contributed by atoms with Gasteiger partial charge in [-0.3, -0.25) is 4.79 Å². The van der Waals surface area contributed by atoms with E-state index in [2.05, 4.69) is 11.9 Å². The first kappa shape index (κ1) is 23.8. The van der Waals surface area contributed by atoms with Gasteiger partial charge in [-0.05, 0) is 35.6 Å². The highest BCUT2D eigenvalue weighted by atomic mass is 16.3. The Morgan fingerprint density at radius 1 is 0.886 bits per heavy atom. The average molecular weight is 468 g/mol. The van der Waals surface area contributed by atoms with Crippen molar-refractivity contribution in [2.75, 3.05) is 25.0 Å². The van der Waals surface area contributed by atoms with Crippen LogP contribution in [0.25, 0.3) is 10.8 Å². The van der Waals surface area contributed by atoms with Crippen molar-refractivity contribution in [3.63, 3.8) is 0 Å². The smallest absolute Gasteiger partial charge is 0.322 e. The maximum atomic E-state index is 13.4. The van der Waals surface area contributed by atoms with Crippen molar-refractivity contribution in [2.24, 2.45) is 0 Å².